The second-order valence-corrected chi connectivity index (χ2v) is 4.78. The number of ether oxygens (including phenoxy) is 2. The summed E-state index contributed by atoms with van der Waals surface area (Å²) in [5.41, 5.74) is 0.421. The monoisotopic (exact) mass is 284 g/mol. The van der Waals surface area contributed by atoms with Gasteiger partial charge >= 0.3 is 11.9 Å². The smallest absolute Gasteiger partial charge is 0.334 e. The molecule has 0 rings (SSSR count). The minimum absolute atomic E-state index is 0.389. The van der Waals surface area contributed by atoms with Crippen molar-refractivity contribution in [1.29, 1.82) is 0 Å². The lowest BCUT2D eigenvalue weighted by Crippen LogP contribution is -2.12. The highest BCUT2D eigenvalue weighted by molar-refractivity contribution is 5.96. The second-order valence-electron chi connectivity index (χ2n) is 4.78. The molecule has 0 saturated heterocycles. The molecule has 0 aliphatic carbocycles. The molecule has 0 saturated carbocycles. The third kappa shape index (κ3) is 9.59. The van der Waals surface area contributed by atoms with Crippen molar-refractivity contribution in [2.45, 2.75) is 65.7 Å². The van der Waals surface area contributed by atoms with E-state index < -0.39 is 5.97 Å². The Labute approximate surface area is 122 Å². The van der Waals surface area contributed by atoms with Gasteiger partial charge in [-0.25, -0.2) is 9.59 Å². The van der Waals surface area contributed by atoms with Crippen molar-refractivity contribution < 1.29 is 19.1 Å². The first-order valence-electron chi connectivity index (χ1n) is 7.70. The summed E-state index contributed by atoms with van der Waals surface area (Å²) in [6.45, 7) is 6.91. The van der Waals surface area contributed by atoms with Gasteiger partial charge < -0.3 is 9.47 Å². The minimum atomic E-state index is -0.447. The molecule has 0 fully saturated rings. The van der Waals surface area contributed by atoms with Crippen molar-refractivity contribution in [2.75, 3.05) is 13.2 Å². The molecule has 0 atom stereocenters. The topological polar surface area (TPSA) is 52.6 Å². The number of carbonyl (C=O) groups excluding carboxylic acids is 2. The van der Waals surface area contributed by atoms with Crippen LogP contribution in [0.25, 0.3) is 0 Å². The maximum Gasteiger partial charge on any atom is 0.334 e. The molecule has 116 valence electrons. The van der Waals surface area contributed by atoms with E-state index in [4.69, 9.17) is 9.47 Å². The van der Waals surface area contributed by atoms with Crippen LogP contribution < -0.4 is 0 Å². The van der Waals surface area contributed by atoms with Crippen LogP contribution in [0, 0.1) is 0 Å². The van der Waals surface area contributed by atoms with Gasteiger partial charge in [0.2, 0.25) is 0 Å². The van der Waals surface area contributed by atoms with E-state index in [1.807, 2.05) is 20.8 Å². The van der Waals surface area contributed by atoms with E-state index in [1.165, 1.54) is 6.08 Å². The van der Waals surface area contributed by atoms with E-state index in [-0.39, 0.29) is 5.97 Å². The summed E-state index contributed by atoms with van der Waals surface area (Å²) >= 11 is 0. The molecule has 0 aliphatic heterocycles. The minimum Gasteiger partial charge on any atom is -0.463 e. The maximum atomic E-state index is 11.9. The third-order valence-corrected chi connectivity index (χ3v) is 2.83. The molecule has 4 nitrogen and oxygen atoms in total. The lowest BCUT2D eigenvalue weighted by molar-refractivity contribution is -0.141. The molecule has 0 amide bonds. The van der Waals surface area contributed by atoms with Crippen LogP contribution in [-0.2, 0) is 19.1 Å². The van der Waals surface area contributed by atoms with Gasteiger partial charge in [-0.3, -0.25) is 0 Å². The van der Waals surface area contributed by atoms with E-state index in [2.05, 4.69) is 0 Å². The molecule has 0 spiro atoms. The lowest BCUT2D eigenvalue weighted by atomic mass is 10.1. The zero-order chi connectivity index (χ0) is 15.2. The van der Waals surface area contributed by atoms with Crippen LogP contribution in [0.2, 0.25) is 0 Å². The predicted octanol–water partition coefficient (Wildman–Crippen LogP) is 3.79. The molecule has 0 radical (unpaired) electrons. The third-order valence-electron chi connectivity index (χ3n) is 2.83. The molecule has 0 unspecified atom stereocenters. The van der Waals surface area contributed by atoms with Crippen LogP contribution >= 0.6 is 0 Å². The first kappa shape index (κ1) is 18.7. The van der Waals surface area contributed by atoms with Crippen molar-refractivity contribution in [2.24, 2.45) is 0 Å². The Hall–Kier alpha value is -1.32. The van der Waals surface area contributed by atoms with Gasteiger partial charge in [0.15, 0.2) is 0 Å². The summed E-state index contributed by atoms with van der Waals surface area (Å²) in [5, 5.41) is 0. The molecule has 0 aliphatic rings. The van der Waals surface area contributed by atoms with Gasteiger partial charge in [-0.05, 0) is 25.7 Å². The van der Waals surface area contributed by atoms with Gasteiger partial charge in [0, 0.05) is 11.6 Å². The fraction of sp³-hybridized carbons (Fsp3) is 0.750. The van der Waals surface area contributed by atoms with Crippen LogP contribution in [0.5, 0.6) is 0 Å². The van der Waals surface area contributed by atoms with Crippen molar-refractivity contribution in [3.8, 4) is 0 Å². The van der Waals surface area contributed by atoms with Crippen LogP contribution in [0.1, 0.15) is 65.7 Å². The van der Waals surface area contributed by atoms with Gasteiger partial charge in [0.1, 0.15) is 0 Å². The van der Waals surface area contributed by atoms with E-state index >= 15 is 0 Å². The van der Waals surface area contributed by atoms with Gasteiger partial charge in [-0.1, -0.05) is 40.0 Å². The standard InChI is InChI=1S/C16H28O4/c1-4-7-10-14(16(18)20-12-9-6-3)13-15(17)19-11-8-5-2/h13H,4-12H2,1-3H3/b14-13+. The molecule has 0 aromatic heterocycles. The summed E-state index contributed by atoms with van der Waals surface area (Å²) in [5.74, 6) is -0.837. The fourth-order valence-electron chi connectivity index (χ4n) is 1.50. The Morgan fingerprint density at radius 3 is 1.95 bits per heavy atom. The summed E-state index contributed by atoms with van der Waals surface area (Å²) < 4.78 is 10.2. The van der Waals surface area contributed by atoms with Crippen LogP contribution in [-0.4, -0.2) is 25.2 Å². The Morgan fingerprint density at radius 2 is 1.40 bits per heavy atom. The van der Waals surface area contributed by atoms with Crippen molar-refractivity contribution >= 4 is 11.9 Å². The number of esters is 2. The van der Waals surface area contributed by atoms with Gasteiger partial charge in [0.25, 0.3) is 0 Å². The highest BCUT2D eigenvalue weighted by Crippen LogP contribution is 2.10. The molecular formula is C16H28O4. The zero-order valence-electron chi connectivity index (χ0n) is 13.1. The SMILES string of the molecule is CCCCOC(=O)/C=C(\CCCC)C(=O)OCCCC. The highest BCUT2D eigenvalue weighted by atomic mass is 16.5. The number of rotatable bonds is 11. The summed E-state index contributed by atoms with van der Waals surface area (Å²) in [4.78, 5) is 23.5. The van der Waals surface area contributed by atoms with Crippen molar-refractivity contribution in [3.63, 3.8) is 0 Å². The van der Waals surface area contributed by atoms with Crippen LogP contribution in [0.3, 0.4) is 0 Å². The van der Waals surface area contributed by atoms with E-state index in [0.717, 1.165) is 38.5 Å². The van der Waals surface area contributed by atoms with Crippen molar-refractivity contribution in [1.82, 2.24) is 0 Å². The largest absolute Gasteiger partial charge is 0.463 e. The van der Waals surface area contributed by atoms with Crippen LogP contribution in [0.15, 0.2) is 11.6 Å². The number of hydrogen-bond donors (Lipinski definition) is 0. The molecule has 0 N–H and O–H groups in total. The first-order valence-corrected chi connectivity index (χ1v) is 7.70. The summed E-state index contributed by atoms with van der Waals surface area (Å²) in [7, 11) is 0. The quantitative estimate of drug-likeness (QED) is 0.329. The average molecular weight is 284 g/mol. The molecule has 0 bridgehead atoms. The Kier molecular flexibility index (Phi) is 11.9. The lowest BCUT2D eigenvalue weighted by Gasteiger charge is -2.08. The van der Waals surface area contributed by atoms with Crippen LogP contribution in [0.4, 0.5) is 0 Å². The number of hydrogen-bond acceptors (Lipinski definition) is 4. The molecule has 0 aromatic rings. The van der Waals surface area contributed by atoms with Crippen molar-refractivity contribution in [3.05, 3.63) is 11.6 Å². The van der Waals surface area contributed by atoms with E-state index in [1.54, 1.807) is 0 Å². The molecule has 0 aromatic carbocycles. The second kappa shape index (κ2) is 12.7. The number of unbranched alkanes of at least 4 members (excludes halogenated alkanes) is 3. The molecule has 4 heteroatoms. The average Bonchev–Trinajstić information content (AvgIpc) is 2.43. The maximum absolute atomic E-state index is 11.9. The first-order chi connectivity index (χ1) is 9.65. The predicted molar refractivity (Wildman–Crippen MR) is 79.3 cm³/mol. The molecule has 0 heterocycles. The zero-order valence-corrected chi connectivity index (χ0v) is 13.1. The highest BCUT2D eigenvalue weighted by Gasteiger charge is 2.13. The van der Waals surface area contributed by atoms with Gasteiger partial charge in [-0.2, -0.15) is 0 Å². The molecule has 20 heavy (non-hydrogen) atoms. The fourth-order valence-corrected chi connectivity index (χ4v) is 1.50. The van der Waals surface area contributed by atoms with E-state index in [0.29, 0.717) is 25.2 Å². The normalized spacial score (nSPS) is 11.2. The Morgan fingerprint density at radius 1 is 0.850 bits per heavy atom. The Bertz CT molecular complexity index is 308. The summed E-state index contributed by atoms with van der Waals surface area (Å²) in [6.07, 6.45) is 7.29. The molecular weight excluding hydrogens is 256 g/mol. The van der Waals surface area contributed by atoms with E-state index in [9.17, 15) is 9.59 Å². The van der Waals surface area contributed by atoms with Gasteiger partial charge in [-0.15, -0.1) is 0 Å². The van der Waals surface area contributed by atoms with Gasteiger partial charge in [0.05, 0.1) is 13.2 Å². The number of carbonyl (C=O) groups is 2. The summed E-state index contributed by atoms with van der Waals surface area (Å²) in [6, 6.07) is 0. The Balaban J connectivity index is 4.43.